The van der Waals surface area contributed by atoms with Crippen LogP contribution < -0.4 is 5.56 Å². The zero-order valence-corrected chi connectivity index (χ0v) is 10.7. The normalized spacial score (nSPS) is 10.5. The first kappa shape index (κ1) is 13.4. The van der Waals surface area contributed by atoms with Gasteiger partial charge in [0.1, 0.15) is 16.5 Å². The molecule has 0 unspecified atom stereocenters. The van der Waals surface area contributed by atoms with E-state index in [2.05, 4.69) is 5.10 Å². The minimum Gasteiger partial charge on any atom is -0.461 e. The van der Waals surface area contributed by atoms with Crippen LogP contribution in [0.2, 0.25) is 5.02 Å². The fraction of sp³-hybridized carbons (Fsp3) is 0.167. The summed E-state index contributed by atoms with van der Waals surface area (Å²) in [5.41, 5.74) is -0.426. The third-order valence-electron chi connectivity index (χ3n) is 2.39. The number of nitrogens with one attached hydrogen (secondary N) is 1. The van der Waals surface area contributed by atoms with Gasteiger partial charge in [-0.05, 0) is 19.1 Å². The molecule has 0 saturated heterocycles. The van der Waals surface area contributed by atoms with E-state index in [0.717, 1.165) is 10.7 Å². The van der Waals surface area contributed by atoms with Crippen molar-refractivity contribution >= 4 is 17.6 Å². The highest BCUT2D eigenvalue weighted by atomic mass is 35.5. The van der Waals surface area contributed by atoms with Gasteiger partial charge >= 0.3 is 5.97 Å². The predicted octanol–water partition coefficient (Wildman–Crippen LogP) is 2.13. The molecule has 5 nitrogen and oxygen atoms in total. The van der Waals surface area contributed by atoms with E-state index in [1.165, 1.54) is 18.2 Å². The van der Waals surface area contributed by atoms with E-state index in [4.69, 9.17) is 16.3 Å². The van der Waals surface area contributed by atoms with Gasteiger partial charge in [0.05, 0.1) is 12.3 Å². The highest BCUT2D eigenvalue weighted by Gasteiger charge is 2.15. The Morgan fingerprint density at radius 1 is 1.53 bits per heavy atom. The maximum Gasteiger partial charge on any atom is 0.356 e. The van der Waals surface area contributed by atoms with Crippen LogP contribution in [0.4, 0.5) is 4.39 Å². The number of hydrogen-bond donors (Lipinski definition) is 1. The second-order valence-electron chi connectivity index (χ2n) is 3.64. The van der Waals surface area contributed by atoms with Crippen molar-refractivity contribution in [1.82, 2.24) is 9.78 Å². The van der Waals surface area contributed by atoms with Crippen molar-refractivity contribution in [2.24, 2.45) is 0 Å². The van der Waals surface area contributed by atoms with Gasteiger partial charge in [-0.1, -0.05) is 17.7 Å². The van der Waals surface area contributed by atoms with Crippen LogP contribution in [0.3, 0.4) is 0 Å². The summed E-state index contributed by atoms with van der Waals surface area (Å²) in [6.45, 7) is 1.84. The molecule has 100 valence electrons. The number of carbonyl (C=O) groups is 1. The summed E-state index contributed by atoms with van der Waals surface area (Å²) in [4.78, 5) is 23.2. The minimum atomic E-state index is -0.661. The maximum atomic E-state index is 13.3. The first-order chi connectivity index (χ1) is 9.04. The Morgan fingerprint density at radius 2 is 2.26 bits per heavy atom. The van der Waals surface area contributed by atoms with Crippen LogP contribution >= 0.6 is 11.6 Å². The van der Waals surface area contributed by atoms with Crippen molar-refractivity contribution in [1.29, 1.82) is 0 Å². The molecule has 19 heavy (non-hydrogen) atoms. The topological polar surface area (TPSA) is 64.1 Å². The number of benzene rings is 1. The van der Waals surface area contributed by atoms with Crippen molar-refractivity contribution in [3.63, 3.8) is 0 Å². The van der Waals surface area contributed by atoms with Crippen molar-refractivity contribution in [3.8, 4) is 5.69 Å². The molecule has 0 aliphatic rings. The quantitative estimate of drug-likeness (QED) is 0.878. The molecule has 1 heterocycles. The molecule has 0 spiro atoms. The number of esters is 1. The van der Waals surface area contributed by atoms with Crippen LogP contribution in [0, 0.1) is 5.82 Å². The largest absolute Gasteiger partial charge is 0.461 e. The number of H-pyrrole nitrogens is 1. The van der Waals surface area contributed by atoms with Crippen LogP contribution in [0.5, 0.6) is 0 Å². The van der Waals surface area contributed by atoms with Gasteiger partial charge in [-0.3, -0.25) is 9.89 Å². The van der Waals surface area contributed by atoms with Crippen LogP contribution in [0.15, 0.2) is 29.1 Å². The molecule has 1 N–H and O–H groups in total. The molecule has 0 amide bonds. The number of aromatic amines is 1. The molecule has 1 aromatic heterocycles. The van der Waals surface area contributed by atoms with Crippen molar-refractivity contribution < 1.29 is 13.9 Å². The van der Waals surface area contributed by atoms with Crippen molar-refractivity contribution in [3.05, 3.63) is 51.2 Å². The Hall–Kier alpha value is -2.08. The van der Waals surface area contributed by atoms with Crippen LogP contribution in [-0.2, 0) is 4.74 Å². The average molecular weight is 285 g/mol. The highest BCUT2D eigenvalue weighted by Crippen LogP contribution is 2.21. The van der Waals surface area contributed by atoms with Gasteiger partial charge in [0, 0.05) is 6.07 Å². The number of carbonyl (C=O) groups excluding carboxylic acids is 1. The Kier molecular flexibility index (Phi) is 3.71. The molecule has 2 rings (SSSR count). The van der Waals surface area contributed by atoms with E-state index in [0.29, 0.717) is 0 Å². The summed E-state index contributed by atoms with van der Waals surface area (Å²) < 4.78 is 19.1. The van der Waals surface area contributed by atoms with Crippen molar-refractivity contribution in [2.45, 2.75) is 6.92 Å². The average Bonchev–Trinajstić information content (AvgIpc) is 2.75. The Balaban J connectivity index is 2.49. The monoisotopic (exact) mass is 284 g/mol. The van der Waals surface area contributed by atoms with Gasteiger partial charge in [0.2, 0.25) is 0 Å². The zero-order chi connectivity index (χ0) is 14.0. The van der Waals surface area contributed by atoms with Gasteiger partial charge in [-0.25, -0.2) is 13.9 Å². The Morgan fingerprint density at radius 3 is 2.95 bits per heavy atom. The molecule has 0 bridgehead atoms. The van der Waals surface area contributed by atoms with E-state index >= 15 is 0 Å². The standard InChI is InChI=1S/C12H10ClFN2O3/c1-2-19-12(18)8-6-10(17)16(15-8)9-5-3-4-7(14)11(9)13/h3-6,15H,2H2,1H3. The lowest BCUT2D eigenvalue weighted by Crippen LogP contribution is -2.14. The molecule has 0 fully saturated rings. The molecule has 0 atom stereocenters. The lowest BCUT2D eigenvalue weighted by atomic mass is 10.3. The molecular formula is C12H10ClFN2O3. The Bertz CT molecular complexity index is 678. The van der Waals surface area contributed by atoms with Gasteiger partial charge in [-0.2, -0.15) is 0 Å². The summed E-state index contributed by atoms with van der Waals surface area (Å²) >= 11 is 5.78. The summed E-state index contributed by atoms with van der Waals surface area (Å²) in [5.74, 6) is -1.32. The Labute approximate surface area is 112 Å². The molecule has 2 aromatic rings. The number of aromatic nitrogens is 2. The summed E-state index contributed by atoms with van der Waals surface area (Å²) in [7, 11) is 0. The first-order valence-electron chi connectivity index (χ1n) is 5.48. The third kappa shape index (κ3) is 2.53. The molecule has 0 radical (unpaired) electrons. The van der Waals surface area contributed by atoms with E-state index in [-0.39, 0.29) is 23.0 Å². The van der Waals surface area contributed by atoms with E-state index in [9.17, 15) is 14.0 Å². The lowest BCUT2D eigenvalue weighted by Gasteiger charge is -2.05. The third-order valence-corrected chi connectivity index (χ3v) is 2.76. The maximum absolute atomic E-state index is 13.3. The molecule has 0 saturated carbocycles. The fourth-order valence-corrected chi connectivity index (χ4v) is 1.76. The highest BCUT2D eigenvalue weighted by molar-refractivity contribution is 6.32. The predicted molar refractivity (Wildman–Crippen MR) is 67.3 cm³/mol. The molecule has 7 heteroatoms. The smallest absolute Gasteiger partial charge is 0.356 e. The van der Waals surface area contributed by atoms with E-state index in [1.807, 2.05) is 0 Å². The summed E-state index contributed by atoms with van der Waals surface area (Å²) in [6, 6.07) is 5.11. The molecule has 0 aliphatic heterocycles. The second-order valence-corrected chi connectivity index (χ2v) is 4.01. The zero-order valence-electron chi connectivity index (χ0n) is 9.94. The van der Waals surface area contributed by atoms with Gasteiger partial charge in [0.15, 0.2) is 0 Å². The van der Waals surface area contributed by atoms with Gasteiger partial charge < -0.3 is 4.74 Å². The van der Waals surface area contributed by atoms with E-state index in [1.54, 1.807) is 6.92 Å². The number of halogens is 2. The molecule has 1 aromatic carbocycles. The molecular weight excluding hydrogens is 275 g/mol. The number of nitrogens with zero attached hydrogens (tertiary/aromatic N) is 1. The SMILES string of the molecule is CCOC(=O)c1cc(=O)n(-c2cccc(F)c2Cl)[nH]1. The number of ether oxygens (including phenoxy) is 1. The van der Waals surface area contributed by atoms with Crippen LogP contribution in [0.1, 0.15) is 17.4 Å². The lowest BCUT2D eigenvalue weighted by molar-refractivity contribution is 0.0519. The summed E-state index contributed by atoms with van der Waals surface area (Å²) in [5, 5.41) is 2.32. The molecule has 0 aliphatic carbocycles. The summed E-state index contributed by atoms with van der Waals surface area (Å²) in [6.07, 6.45) is 0. The fourth-order valence-electron chi connectivity index (χ4n) is 1.55. The van der Waals surface area contributed by atoms with Crippen molar-refractivity contribution in [2.75, 3.05) is 6.61 Å². The minimum absolute atomic E-state index is 0.0211. The van der Waals surface area contributed by atoms with Crippen LogP contribution in [0.25, 0.3) is 5.69 Å². The second kappa shape index (κ2) is 5.27. The number of rotatable bonds is 3. The van der Waals surface area contributed by atoms with Crippen LogP contribution in [-0.4, -0.2) is 22.4 Å². The van der Waals surface area contributed by atoms with E-state index < -0.39 is 17.3 Å². The first-order valence-corrected chi connectivity index (χ1v) is 5.86. The number of hydrogen-bond acceptors (Lipinski definition) is 3. The van der Waals surface area contributed by atoms with Gasteiger partial charge in [-0.15, -0.1) is 0 Å². The van der Waals surface area contributed by atoms with Gasteiger partial charge in [0.25, 0.3) is 5.56 Å².